The molecule has 0 bridgehead atoms. The standard InChI is InChI=1S/C4H9NO/c1-4(6)5(2)3/h1-3H3/i1-1. The zero-order valence-electron chi connectivity index (χ0n) is 4.36. The number of rotatable bonds is 0. The number of hydrogen-bond acceptors (Lipinski definition) is 1. The van der Waals surface area contributed by atoms with E-state index in [0.29, 0.717) is 0 Å². The Bertz CT molecular complexity index is 58.6. The molecule has 0 aromatic carbocycles. The van der Waals surface area contributed by atoms with Crippen LogP contribution in [0.2, 0.25) is 0 Å². The van der Waals surface area contributed by atoms with Gasteiger partial charge in [0.15, 0.2) is 0 Å². The highest BCUT2D eigenvalue weighted by Crippen LogP contribution is 1.69. The Hall–Kier alpha value is -0.530. The molecule has 0 saturated heterocycles. The van der Waals surface area contributed by atoms with E-state index in [1.54, 1.807) is 14.1 Å². The van der Waals surface area contributed by atoms with Crippen LogP contribution in [-0.4, -0.2) is 24.9 Å². The van der Waals surface area contributed by atoms with Gasteiger partial charge in [0.1, 0.15) is 0 Å². The molecular formula is C4H9NO. The summed E-state index contributed by atoms with van der Waals surface area (Å²) in [5.74, 6) is 0.0926. The van der Waals surface area contributed by atoms with Crippen LogP contribution < -0.4 is 0 Å². The fourth-order valence-electron chi connectivity index (χ4n) is 0. The summed E-state index contributed by atoms with van der Waals surface area (Å²) < 4.78 is 0. The van der Waals surface area contributed by atoms with Crippen molar-refractivity contribution in [2.45, 2.75) is 6.92 Å². The average molecular weight is 86.1 g/mol. The van der Waals surface area contributed by atoms with Crippen molar-refractivity contribution in [3.05, 3.63) is 0 Å². The van der Waals surface area contributed by atoms with Crippen molar-refractivity contribution in [1.82, 2.24) is 4.90 Å². The molecule has 2 heteroatoms. The highest BCUT2D eigenvalue weighted by molar-refractivity contribution is 5.72. The summed E-state index contributed by atoms with van der Waals surface area (Å²) in [7, 11) is 3.45. The summed E-state index contributed by atoms with van der Waals surface area (Å²) >= 11 is 0. The van der Waals surface area contributed by atoms with Gasteiger partial charge in [-0.05, 0) is 0 Å². The van der Waals surface area contributed by atoms with Crippen molar-refractivity contribution in [3.63, 3.8) is 0 Å². The van der Waals surface area contributed by atoms with Crippen LogP contribution in [-0.2, 0) is 4.79 Å². The van der Waals surface area contributed by atoms with Gasteiger partial charge in [-0.3, -0.25) is 4.79 Å². The summed E-state index contributed by atoms with van der Waals surface area (Å²) in [5.41, 5.74) is 0. The smallest absolute Gasteiger partial charge is 0.218 e. The number of carbonyl (C=O) groups excluding carboxylic acids is 1. The molecule has 0 radical (unpaired) electrons. The Morgan fingerprint density at radius 1 is 1.50 bits per heavy atom. The number of nitrogens with zero attached hydrogens (tertiary/aromatic N) is 1. The fourth-order valence-corrected chi connectivity index (χ4v) is 0. The summed E-state index contributed by atoms with van der Waals surface area (Å²) in [5, 5.41) is 0. The van der Waals surface area contributed by atoms with Gasteiger partial charge in [0, 0.05) is 21.0 Å². The lowest BCUT2D eigenvalue weighted by molar-refractivity contribution is -0.126. The van der Waals surface area contributed by atoms with Crippen LogP contribution in [0.1, 0.15) is 6.92 Å². The molecule has 0 fully saturated rings. The largest absolute Gasteiger partial charge is 0.349 e. The van der Waals surface area contributed by atoms with Crippen molar-refractivity contribution in [2.75, 3.05) is 14.1 Å². The number of carbonyl (C=O) groups is 1. The first-order valence-electron chi connectivity index (χ1n) is 1.82. The van der Waals surface area contributed by atoms with E-state index in [9.17, 15) is 4.79 Å². The Labute approximate surface area is 37.8 Å². The van der Waals surface area contributed by atoms with E-state index in [2.05, 4.69) is 0 Å². The summed E-state index contributed by atoms with van der Waals surface area (Å²) in [4.78, 5) is 11.6. The van der Waals surface area contributed by atoms with E-state index in [0.717, 1.165) is 0 Å². The van der Waals surface area contributed by atoms with Crippen molar-refractivity contribution in [2.24, 2.45) is 0 Å². The van der Waals surface area contributed by atoms with E-state index in [1.807, 2.05) is 0 Å². The van der Waals surface area contributed by atoms with Crippen molar-refractivity contribution in [1.29, 1.82) is 0 Å². The molecule has 0 unspecified atom stereocenters. The maximum absolute atomic E-state index is 10.1. The molecule has 0 saturated carbocycles. The molecule has 0 aliphatic rings. The Kier molecular flexibility index (Phi) is 1.64. The molecule has 0 heterocycles. The first-order valence-corrected chi connectivity index (χ1v) is 1.82. The first-order chi connectivity index (χ1) is 2.64. The third-order valence-electron chi connectivity index (χ3n) is 0.630. The van der Waals surface area contributed by atoms with Crippen LogP contribution in [0.15, 0.2) is 0 Å². The third-order valence-corrected chi connectivity index (χ3v) is 0.630. The van der Waals surface area contributed by atoms with Gasteiger partial charge in [0.25, 0.3) is 0 Å². The third kappa shape index (κ3) is 1.76. The topological polar surface area (TPSA) is 20.3 Å². The summed E-state index contributed by atoms with van der Waals surface area (Å²) in [6.45, 7) is 1.53. The van der Waals surface area contributed by atoms with E-state index >= 15 is 0 Å². The molecule has 0 N–H and O–H groups in total. The van der Waals surface area contributed by atoms with E-state index < -0.39 is 0 Å². The molecule has 1 amide bonds. The van der Waals surface area contributed by atoms with Crippen LogP contribution in [0, 0.1) is 0 Å². The molecule has 0 atom stereocenters. The molecule has 0 aromatic heterocycles. The molecule has 0 aliphatic carbocycles. The second-order valence-electron chi connectivity index (χ2n) is 1.41. The van der Waals surface area contributed by atoms with Crippen molar-refractivity contribution in [3.8, 4) is 0 Å². The van der Waals surface area contributed by atoms with Crippen molar-refractivity contribution < 1.29 is 4.79 Å². The maximum Gasteiger partial charge on any atom is 0.218 e. The van der Waals surface area contributed by atoms with Gasteiger partial charge in [-0.25, -0.2) is 0 Å². The lowest BCUT2D eigenvalue weighted by Gasteiger charge is -2.02. The van der Waals surface area contributed by atoms with Crippen LogP contribution in [0.3, 0.4) is 0 Å². The lowest BCUT2D eigenvalue weighted by atomic mass is 10.2. The van der Waals surface area contributed by atoms with E-state index in [1.165, 1.54) is 11.8 Å². The highest BCUT2D eigenvalue weighted by atomic mass is 16.1. The minimum atomic E-state index is 0.0926. The molecule has 0 aromatic rings. The molecule has 0 aliphatic heterocycles. The second kappa shape index (κ2) is 1.80. The molecular weight excluding hydrogens is 77.1 g/mol. The quantitative estimate of drug-likeness (QED) is 0.409. The highest BCUT2D eigenvalue weighted by Gasteiger charge is 1.87. The molecule has 0 rings (SSSR count). The van der Waals surface area contributed by atoms with Crippen LogP contribution in [0.25, 0.3) is 0 Å². The van der Waals surface area contributed by atoms with Gasteiger partial charge in [-0.2, -0.15) is 0 Å². The first kappa shape index (κ1) is 5.47. The monoisotopic (exact) mass is 86.1 g/mol. The number of hydrogen-bond donors (Lipinski definition) is 0. The SMILES string of the molecule is CN(C)C([11CH3])=O. The van der Waals surface area contributed by atoms with Gasteiger partial charge < -0.3 is 4.90 Å². The Balaban J connectivity index is 3.26. The van der Waals surface area contributed by atoms with Crippen LogP contribution in [0.5, 0.6) is 0 Å². The number of amides is 1. The predicted octanol–water partition coefficient (Wildman–Crippen LogP) is 0.0945. The van der Waals surface area contributed by atoms with Gasteiger partial charge in [-0.1, -0.05) is 0 Å². The molecule has 36 valence electrons. The molecule has 0 spiro atoms. The minimum Gasteiger partial charge on any atom is -0.349 e. The average Bonchev–Trinajstić information content (AvgIpc) is 1.36. The predicted molar refractivity (Wildman–Crippen MR) is 24.4 cm³/mol. The van der Waals surface area contributed by atoms with Crippen LogP contribution in [0.4, 0.5) is 0 Å². The van der Waals surface area contributed by atoms with E-state index in [4.69, 9.17) is 0 Å². The second-order valence-corrected chi connectivity index (χ2v) is 1.41. The van der Waals surface area contributed by atoms with Gasteiger partial charge in [0.2, 0.25) is 5.91 Å². The lowest BCUT2D eigenvalue weighted by Crippen LogP contribution is -2.17. The minimum absolute atomic E-state index is 0.0926. The maximum atomic E-state index is 10.1. The van der Waals surface area contributed by atoms with Gasteiger partial charge in [0.05, 0.1) is 0 Å². The van der Waals surface area contributed by atoms with Crippen LogP contribution >= 0.6 is 0 Å². The Morgan fingerprint density at radius 2 is 1.67 bits per heavy atom. The molecule has 2 nitrogen and oxygen atoms in total. The zero-order valence-corrected chi connectivity index (χ0v) is 4.36. The van der Waals surface area contributed by atoms with Gasteiger partial charge in [-0.15, -0.1) is 0 Å². The van der Waals surface area contributed by atoms with E-state index in [-0.39, 0.29) is 5.91 Å². The fraction of sp³-hybridized carbons (Fsp3) is 0.750. The normalized spacial score (nSPS) is 7.83. The summed E-state index contributed by atoms with van der Waals surface area (Å²) in [6, 6.07) is 0. The van der Waals surface area contributed by atoms with Crippen molar-refractivity contribution >= 4 is 5.91 Å². The summed E-state index contributed by atoms with van der Waals surface area (Å²) in [6.07, 6.45) is 0. The molecule has 6 heavy (non-hydrogen) atoms. The zero-order chi connectivity index (χ0) is 5.15. The van der Waals surface area contributed by atoms with Gasteiger partial charge >= 0.3 is 0 Å². The Morgan fingerprint density at radius 3 is 1.67 bits per heavy atom.